The molecule has 1 aromatic carbocycles. The van der Waals surface area contributed by atoms with Gasteiger partial charge in [-0.05, 0) is 42.6 Å². The van der Waals surface area contributed by atoms with Crippen molar-refractivity contribution in [2.45, 2.75) is 72.0 Å². The van der Waals surface area contributed by atoms with Crippen LogP contribution in [0.15, 0.2) is 35.6 Å². The van der Waals surface area contributed by atoms with Gasteiger partial charge in [0.15, 0.2) is 0 Å². The number of likely N-dealkylation sites (N-methyl/N-ethyl adjacent to an activating group) is 1. The van der Waals surface area contributed by atoms with Gasteiger partial charge < -0.3 is 9.33 Å². The predicted molar refractivity (Wildman–Crippen MR) is 115 cm³/mol. The molecule has 1 aromatic rings. The monoisotopic (exact) mass is 395 g/mol. The van der Waals surface area contributed by atoms with Gasteiger partial charge in [0.1, 0.15) is 0 Å². The van der Waals surface area contributed by atoms with E-state index in [0.29, 0.717) is 32.9 Å². The molecule has 3 nitrogen and oxygen atoms in total. The summed E-state index contributed by atoms with van der Waals surface area (Å²) in [7, 11) is -0.331. The summed E-state index contributed by atoms with van der Waals surface area (Å²) in [4.78, 5) is 14.6. The summed E-state index contributed by atoms with van der Waals surface area (Å²) in [5, 5.41) is 0.560. The smallest absolute Gasteiger partial charge is 0.258 e. The Morgan fingerprint density at radius 2 is 1.46 bits per heavy atom. The van der Waals surface area contributed by atoms with Gasteiger partial charge >= 0.3 is 0 Å². The molecule has 0 aromatic heterocycles. The first-order valence-corrected chi connectivity index (χ1v) is 11.9. The van der Waals surface area contributed by atoms with E-state index >= 15 is 0 Å². The van der Waals surface area contributed by atoms with Crippen molar-refractivity contribution in [3.05, 3.63) is 40.6 Å². The van der Waals surface area contributed by atoms with Gasteiger partial charge in [-0.2, -0.15) is 0 Å². The summed E-state index contributed by atoms with van der Waals surface area (Å²) in [6.07, 6.45) is 0. The van der Waals surface area contributed by atoms with Gasteiger partial charge in [0.2, 0.25) is 0 Å². The maximum Gasteiger partial charge on any atom is 0.258 e. The van der Waals surface area contributed by atoms with Gasteiger partial charge in [0.25, 0.3) is 14.2 Å². The molecule has 0 aliphatic rings. The number of hydrogen-bond donors (Lipinski definition) is 0. The van der Waals surface area contributed by atoms with Crippen molar-refractivity contribution < 1.29 is 9.22 Å². The first-order chi connectivity index (χ1) is 12.0. The number of para-hydroxylation sites is 1. The summed E-state index contributed by atoms with van der Waals surface area (Å²) in [6.45, 7) is 17.2. The molecular weight excluding hydrogens is 362 g/mol. The summed E-state index contributed by atoms with van der Waals surface area (Å²) >= 11 is 6.24. The van der Waals surface area contributed by atoms with Crippen LogP contribution in [0.3, 0.4) is 0 Å². The molecule has 0 atom stereocenters. The largest absolute Gasteiger partial charge is 0.546 e. The Morgan fingerprint density at radius 1 is 1.00 bits per heavy atom. The van der Waals surface area contributed by atoms with E-state index in [1.165, 1.54) is 0 Å². The van der Waals surface area contributed by atoms with Crippen LogP contribution in [0, 0.1) is 0 Å². The average Bonchev–Trinajstić information content (AvgIpc) is 2.56. The summed E-state index contributed by atoms with van der Waals surface area (Å²) < 4.78 is 6.66. The molecule has 0 saturated heterocycles. The lowest BCUT2D eigenvalue weighted by Gasteiger charge is -2.42. The summed E-state index contributed by atoms with van der Waals surface area (Å²) in [5.41, 5.74) is 2.71. The van der Waals surface area contributed by atoms with Crippen LogP contribution in [-0.4, -0.2) is 21.3 Å². The maximum atomic E-state index is 13.0. The lowest BCUT2D eigenvalue weighted by Crippen LogP contribution is -2.47. The molecule has 0 aliphatic carbocycles. The molecule has 0 heterocycles. The fraction of sp³-hybridized carbons (Fsp3) is 0.571. The van der Waals surface area contributed by atoms with Crippen LogP contribution in [0.5, 0.6) is 0 Å². The normalized spacial score (nSPS) is 13.3. The minimum Gasteiger partial charge on any atom is -0.546 e. The SMILES string of the molecule is C/C(O[Si](C(C)C)(C(C)C)C(C)C)=C(\C)C(=O)N(C)c1ccccc1Cl. The number of allylic oxidation sites excluding steroid dienone is 1. The highest BCUT2D eigenvalue weighted by atomic mass is 35.5. The zero-order valence-corrected chi connectivity index (χ0v) is 19.4. The van der Waals surface area contributed by atoms with Gasteiger partial charge in [-0.15, -0.1) is 0 Å². The molecule has 0 aliphatic heterocycles. The average molecular weight is 396 g/mol. The van der Waals surface area contributed by atoms with Crippen molar-refractivity contribution in [3.8, 4) is 0 Å². The quantitative estimate of drug-likeness (QED) is 0.289. The maximum absolute atomic E-state index is 13.0. The second kappa shape index (κ2) is 9.09. The van der Waals surface area contributed by atoms with Crippen molar-refractivity contribution in [3.63, 3.8) is 0 Å². The van der Waals surface area contributed by atoms with E-state index in [9.17, 15) is 4.79 Å². The van der Waals surface area contributed by atoms with Crippen LogP contribution in [-0.2, 0) is 9.22 Å². The number of rotatable bonds is 7. The van der Waals surface area contributed by atoms with Gasteiger partial charge in [0.05, 0.1) is 22.0 Å². The third-order valence-corrected chi connectivity index (χ3v) is 11.8. The van der Waals surface area contributed by atoms with E-state index in [4.69, 9.17) is 16.0 Å². The van der Waals surface area contributed by atoms with E-state index in [0.717, 1.165) is 5.76 Å². The highest BCUT2D eigenvalue weighted by molar-refractivity contribution is 6.77. The fourth-order valence-electron chi connectivity index (χ4n) is 3.93. The van der Waals surface area contributed by atoms with Crippen molar-refractivity contribution in [2.24, 2.45) is 0 Å². The molecule has 0 radical (unpaired) electrons. The van der Waals surface area contributed by atoms with E-state index in [1.807, 2.05) is 32.0 Å². The minimum absolute atomic E-state index is 0.0882. The number of anilines is 1. The standard InChI is InChI=1S/C21H34ClNO2Si/c1-14(2)26(15(3)4,16(5)6)25-18(8)17(7)21(24)23(9)20-13-11-10-12-19(20)22/h10-16H,1-9H3/b18-17-. The number of benzene rings is 1. The Kier molecular flexibility index (Phi) is 7.97. The predicted octanol–water partition coefficient (Wildman–Crippen LogP) is 6.79. The number of carbonyl (C=O) groups excluding carboxylic acids is 1. The van der Waals surface area contributed by atoms with Crippen LogP contribution >= 0.6 is 11.6 Å². The highest BCUT2D eigenvalue weighted by Gasteiger charge is 2.47. The number of amides is 1. The Morgan fingerprint density at radius 3 is 1.88 bits per heavy atom. The molecule has 0 saturated carbocycles. The molecule has 0 spiro atoms. The fourth-order valence-corrected chi connectivity index (χ4v) is 9.58. The zero-order chi connectivity index (χ0) is 20.2. The van der Waals surface area contributed by atoms with Gasteiger partial charge in [-0.25, -0.2) is 0 Å². The molecular formula is C21H34ClNO2Si. The lowest BCUT2D eigenvalue weighted by atomic mass is 10.2. The van der Waals surface area contributed by atoms with E-state index in [-0.39, 0.29) is 5.91 Å². The molecule has 0 bridgehead atoms. The molecule has 0 unspecified atom stereocenters. The van der Waals surface area contributed by atoms with Crippen molar-refractivity contribution in [1.82, 2.24) is 0 Å². The van der Waals surface area contributed by atoms with Gasteiger partial charge in [-0.3, -0.25) is 4.79 Å². The number of nitrogens with zero attached hydrogens (tertiary/aromatic N) is 1. The Hall–Kier alpha value is -1.26. The number of halogens is 1. The van der Waals surface area contributed by atoms with E-state index < -0.39 is 8.32 Å². The van der Waals surface area contributed by atoms with Crippen LogP contribution in [0.1, 0.15) is 55.4 Å². The first kappa shape index (κ1) is 22.8. The summed E-state index contributed by atoms with van der Waals surface area (Å²) in [6, 6.07) is 7.37. The first-order valence-electron chi connectivity index (χ1n) is 9.35. The molecule has 1 rings (SSSR count). The molecule has 0 fully saturated rings. The zero-order valence-electron chi connectivity index (χ0n) is 17.7. The Balaban J connectivity index is 3.22. The third kappa shape index (κ3) is 4.52. The molecule has 1 amide bonds. The van der Waals surface area contributed by atoms with Crippen molar-refractivity contribution in [2.75, 3.05) is 11.9 Å². The molecule has 26 heavy (non-hydrogen) atoms. The van der Waals surface area contributed by atoms with Gasteiger partial charge in [-0.1, -0.05) is 65.3 Å². The minimum atomic E-state index is -2.08. The second-order valence-electron chi connectivity index (χ2n) is 7.92. The molecule has 5 heteroatoms. The van der Waals surface area contributed by atoms with Crippen LogP contribution in [0.25, 0.3) is 0 Å². The summed E-state index contributed by atoms with van der Waals surface area (Å²) in [5.74, 6) is 0.645. The number of carbonyl (C=O) groups is 1. The van der Waals surface area contributed by atoms with Crippen molar-refractivity contribution >= 4 is 31.5 Å². The second-order valence-corrected chi connectivity index (χ2v) is 13.7. The van der Waals surface area contributed by atoms with Crippen LogP contribution < -0.4 is 4.90 Å². The molecule has 0 N–H and O–H groups in total. The van der Waals surface area contributed by atoms with Crippen LogP contribution in [0.2, 0.25) is 21.6 Å². The van der Waals surface area contributed by atoms with Gasteiger partial charge in [0, 0.05) is 7.05 Å². The van der Waals surface area contributed by atoms with Crippen molar-refractivity contribution in [1.29, 1.82) is 0 Å². The van der Waals surface area contributed by atoms with E-state index in [1.54, 1.807) is 18.0 Å². The molecule has 146 valence electrons. The highest BCUT2D eigenvalue weighted by Crippen LogP contribution is 2.43. The Bertz CT molecular complexity index is 646. The third-order valence-electron chi connectivity index (χ3n) is 5.40. The number of hydrogen-bond acceptors (Lipinski definition) is 2. The topological polar surface area (TPSA) is 29.5 Å². The van der Waals surface area contributed by atoms with E-state index in [2.05, 4.69) is 41.5 Å². The van der Waals surface area contributed by atoms with Crippen LogP contribution in [0.4, 0.5) is 5.69 Å². The lowest BCUT2D eigenvalue weighted by molar-refractivity contribution is -0.115. The Labute approximate surface area is 165 Å².